The SMILES string of the molecule is NC=C(C(=O)N(CC(=O)c1c(O)cccc1Cl)Cc1cc(F)cc(F)c1)C(=NC1CCC(C(=O)O)CC1)C(F)(F)F. The van der Waals surface area contributed by atoms with E-state index in [1.807, 2.05) is 0 Å². The maximum atomic E-state index is 14.2. The summed E-state index contributed by atoms with van der Waals surface area (Å²) in [7, 11) is 0. The lowest BCUT2D eigenvalue weighted by Gasteiger charge is -2.27. The molecule has 14 heteroatoms. The number of carbonyl (C=O) groups is 3. The molecule has 2 aromatic rings. The van der Waals surface area contributed by atoms with Gasteiger partial charge in [-0.1, -0.05) is 17.7 Å². The number of Topliss-reactive ketones (excluding diaryl/α,β-unsaturated/α-hetero) is 1. The first-order valence-corrected chi connectivity index (χ1v) is 12.6. The molecular formula is C27H25ClF5N3O5. The second-order valence-corrected chi connectivity index (χ2v) is 9.80. The van der Waals surface area contributed by atoms with Crippen LogP contribution in [-0.4, -0.2) is 57.2 Å². The highest BCUT2D eigenvalue weighted by molar-refractivity contribution is 6.34. The van der Waals surface area contributed by atoms with Crippen LogP contribution in [0.5, 0.6) is 5.75 Å². The van der Waals surface area contributed by atoms with Gasteiger partial charge in [0.05, 0.1) is 34.7 Å². The standard InChI is InChI=1S/C27H25ClF5N3O5/c28-20-2-1-3-21(37)23(20)22(38)13-36(12-14-8-16(29)10-17(30)9-14)25(39)19(11-34)24(27(31,32)33)35-18-6-4-15(5-7-18)26(40)41/h1-3,8-11,15,18,37H,4-7,12-13,34H2,(H,40,41). The van der Waals surface area contributed by atoms with Crippen molar-refractivity contribution in [3.8, 4) is 5.75 Å². The maximum Gasteiger partial charge on any atom is 0.433 e. The number of ketones is 1. The minimum absolute atomic E-state index is 0.0130. The fraction of sp³-hybridized carbons (Fsp3) is 0.333. The van der Waals surface area contributed by atoms with Crippen LogP contribution in [0.4, 0.5) is 22.0 Å². The average Bonchev–Trinajstić information content (AvgIpc) is 2.87. The van der Waals surface area contributed by atoms with Gasteiger partial charge in [-0.2, -0.15) is 13.2 Å². The van der Waals surface area contributed by atoms with Crippen molar-refractivity contribution in [3.05, 3.63) is 76.0 Å². The normalized spacial score (nSPS) is 18.2. The number of halogens is 6. The number of phenols is 1. The van der Waals surface area contributed by atoms with E-state index in [1.54, 1.807) is 0 Å². The zero-order chi connectivity index (χ0) is 30.5. The van der Waals surface area contributed by atoms with Gasteiger partial charge in [0.1, 0.15) is 17.4 Å². The van der Waals surface area contributed by atoms with Crippen LogP contribution in [0.25, 0.3) is 0 Å². The Balaban J connectivity index is 2.01. The van der Waals surface area contributed by atoms with Crippen LogP contribution in [0.2, 0.25) is 5.02 Å². The molecule has 1 saturated carbocycles. The summed E-state index contributed by atoms with van der Waals surface area (Å²) in [5.74, 6) is -6.84. The molecular weight excluding hydrogens is 577 g/mol. The van der Waals surface area contributed by atoms with Gasteiger partial charge in [0, 0.05) is 18.8 Å². The third-order valence-corrected chi connectivity index (χ3v) is 6.78. The maximum absolute atomic E-state index is 14.2. The summed E-state index contributed by atoms with van der Waals surface area (Å²) in [4.78, 5) is 42.1. The summed E-state index contributed by atoms with van der Waals surface area (Å²) in [6.45, 7) is -1.68. The summed E-state index contributed by atoms with van der Waals surface area (Å²) >= 11 is 6.01. The first-order valence-electron chi connectivity index (χ1n) is 12.3. The third-order valence-electron chi connectivity index (χ3n) is 6.47. The number of aliphatic carboxylic acids is 1. The molecule has 1 aliphatic rings. The van der Waals surface area contributed by atoms with Crippen molar-refractivity contribution in [2.45, 2.75) is 44.4 Å². The number of nitrogens with zero attached hydrogens (tertiary/aromatic N) is 2. The number of amides is 1. The predicted molar refractivity (Wildman–Crippen MR) is 138 cm³/mol. The third kappa shape index (κ3) is 8.03. The van der Waals surface area contributed by atoms with Gasteiger partial charge < -0.3 is 20.8 Å². The minimum Gasteiger partial charge on any atom is -0.507 e. The number of carbonyl (C=O) groups excluding carboxylic acids is 2. The molecule has 0 aromatic heterocycles. The van der Waals surface area contributed by atoms with E-state index < -0.39 is 83.1 Å². The Morgan fingerprint density at radius 3 is 2.20 bits per heavy atom. The number of phenolic OH excluding ortho intramolecular Hbond substituents is 1. The highest BCUT2D eigenvalue weighted by Gasteiger charge is 2.43. The lowest BCUT2D eigenvalue weighted by molar-refractivity contribution is -0.142. The van der Waals surface area contributed by atoms with Crippen LogP contribution in [0, 0.1) is 17.6 Å². The Morgan fingerprint density at radius 1 is 1.07 bits per heavy atom. The summed E-state index contributed by atoms with van der Waals surface area (Å²) in [5.41, 5.74) is 2.08. The number of benzene rings is 2. The minimum atomic E-state index is -5.19. The lowest BCUT2D eigenvalue weighted by Crippen LogP contribution is -2.41. The van der Waals surface area contributed by atoms with E-state index >= 15 is 0 Å². The monoisotopic (exact) mass is 601 g/mol. The van der Waals surface area contributed by atoms with Crippen molar-refractivity contribution >= 4 is 35.0 Å². The van der Waals surface area contributed by atoms with Crippen molar-refractivity contribution in [1.29, 1.82) is 0 Å². The summed E-state index contributed by atoms with van der Waals surface area (Å²) in [6, 6.07) is 4.96. The molecule has 3 rings (SSSR count). The zero-order valence-electron chi connectivity index (χ0n) is 21.3. The Bertz CT molecular complexity index is 1350. The molecule has 0 spiro atoms. The Hall–Kier alpha value is -4.00. The number of carboxylic acid groups (broad SMARTS) is 1. The number of hydrogen-bond donors (Lipinski definition) is 3. The molecule has 1 fully saturated rings. The molecule has 2 aromatic carbocycles. The fourth-order valence-corrected chi connectivity index (χ4v) is 4.79. The van der Waals surface area contributed by atoms with E-state index in [4.69, 9.17) is 22.4 Å². The van der Waals surface area contributed by atoms with E-state index in [1.165, 1.54) is 12.1 Å². The molecule has 0 unspecified atom stereocenters. The zero-order valence-corrected chi connectivity index (χ0v) is 22.1. The van der Waals surface area contributed by atoms with Crippen molar-refractivity contribution in [2.75, 3.05) is 6.54 Å². The van der Waals surface area contributed by atoms with Crippen molar-refractivity contribution < 1.29 is 46.5 Å². The highest BCUT2D eigenvalue weighted by Crippen LogP contribution is 2.31. The van der Waals surface area contributed by atoms with E-state index in [2.05, 4.69) is 4.99 Å². The second kappa shape index (κ2) is 13.1. The Kier molecular flexibility index (Phi) is 10.1. The summed E-state index contributed by atoms with van der Waals surface area (Å²) in [5, 5.41) is 19.1. The molecule has 0 heterocycles. The number of alkyl halides is 3. The van der Waals surface area contributed by atoms with Gasteiger partial charge in [-0.05, 0) is 55.5 Å². The molecule has 0 bridgehead atoms. The Labute approximate surface area is 235 Å². The molecule has 220 valence electrons. The number of carboxylic acids is 1. The van der Waals surface area contributed by atoms with Crippen molar-refractivity contribution in [3.63, 3.8) is 0 Å². The van der Waals surface area contributed by atoms with Crippen LogP contribution in [-0.2, 0) is 16.1 Å². The van der Waals surface area contributed by atoms with Gasteiger partial charge in [0.2, 0.25) is 0 Å². The fourth-order valence-electron chi connectivity index (χ4n) is 4.52. The predicted octanol–water partition coefficient (Wildman–Crippen LogP) is 5.02. The topological polar surface area (TPSA) is 133 Å². The number of aliphatic imine (C=N–C) groups is 1. The molecule has 8 nitrogen and oxygen atoms in total. The smallest absolute Gasteiger partial charge is 0.433 e. The number of nitrogens with two attached hydrogens (primary N) is 1. The van der Waals surface area contributed by atoms with Gasteiger partial charge in [-0.25, -0.2) is 8.78 Å². The Morgan fingerprint density at radius 2 is 1.68 bits per heavy atom. The molecule has 1 amide bonds. The summed E-state index contributed by atoms with van der Waals surface area (Å²) in [6.07, 6.45) is -4.63. The van der Waals surface area contributed by atoms with Gasteiger partial charge in [-0.3, -0.25) is 19.4 Å². The largest absolute Gasteiger partial charge is 0.507 e. The first kappa shape index (κ1) is 31.5. The molecule has 4 N–H and O–H groups in total. The van der Waals surface area contributed by atoms with E-state index in [0.29, 0.717) is 17.2 Å². The second-order valence-electron chi connectivity index (χ2n) is 9.40. The van der Waals surface area contributed by atoms with Crippen LogP contribution in [0.1, 0.15) is 41.6 Å². The molecule has 0 saturated heterocycles. The highest BCUT2D eigenvalue weighted by atomic mass is 35.5. The van der Waals surface area contributed by atoms with Crippen molar-refractivity contribution in [2.24, 2.45) is 16.6 Å². The molecule has 0 aliphatic heterocycles. The van der Waals surface area contributed by atoms with Crippen LogP contribution in [0.3, 0.4) is 0 Å². The van der Waals surface area contributed by atoms with Crippen LogP contribution in [0.15, 0.2) is 53.2 Å². The summed E-state index contributed by atoms with van der Waals surface area (Å²) < 4.78 is 70.3. The van der Waals surface area contributed by atoms with Gasteiger partial charge >= 0.3 is 12.1 Å². The van der Waals surface area contributed by atoms with Gasteiger partial charge in [0.15, 0.2) is 11.5 Å². The number of rotatable bonds is 9. The van der Waals surface area contributed by atoms with E-state index in [-0.39, 0.29) is 36.3 Å². The number of aromatic hydroxyl groups is 1. The van der Waals surface area contributed by atoms with E-state index in [0.717, 1.165) is 18.2 Å². The molecule has 0 atom stereocenters. The molecule has 0 radical (unpaired) electrons. The molecule has 1 aliphatic carbocycles. The van der Waals surface area contributed by atoms with Gasteiger partial charge in [0.25, 0.3) is 5.91 Å². The first-order chi connectivity index (χ1) is 19.2. The van der Waals surface area contributed by atoms with Crippen molar-refractivity contribution in [1.82, 2.24) is 4.90 Å². The number of hydrogen-bond acceptors (Lipinski definition) is 6. The van der Waals surface area contributed by atoms with Gasteiger partial charge in [-0.15, -0.1) is 0 Å². The van der Waals surface area contributed by atoms with Crippen LogP contribution >= 0.6 is 11.6 Å². The quantitative estimate of drug-likeness (QED) is 0.160. The average molecular weight is 602 g/mol. The van der Waals surface area contributed by atoms with Crippen LogP contribution < -0.4 is 5.73 Å². The lowest BCUT2D eigenvalue weighted by atomic mass is 9.86. The van der Waals surface area contributed by atoms with E-state index in [9.17, 15) is 41.4 Å². The molecule has 41 heavy (non-hydrogen) atoms.